The predicted octanol–water partition coefficient (Wildman–Crippen LogP) is 5.74. The van der Waals surface area contributed by atoms with Gasteiger partial charge in [-0.1, -0.05) is 12.1 Å². The summed E-state index contributed by atoms with van der Waals surface area (Å²) in [6, 6.07) is 17.8. The molecule has 2 aromatic heterocycles. The van der Waals surface area contributed by atoms with E-state index in [9.17, 15) is 13.2 Å². The van der Waals surface area contributed by atoms with E-state index in [4.69, 9.17) is 4.74 Å². The highest BCUT2D eigenvalue weighted by Gasteiger charge is 2.26. The summed E-state index contributed by atoms with van der Waals surface area (Å²) in [5.74, 6) is 0. The molecule has 0 aliphatic rings. The van der Waals surface area contributed by atoms with Crippen LogP contribution in [0.15, 0.2) is 78.0 Å². The Labute approximate surface area is 226 Å². The number of aromatic nitrogens is 2. The monoisotopic (exact) mass is 551 g/mol. The summed E-state index contributed by atoms with van der Waals surface area (Å²) >= 11 is 1.38. The maximum absolute atomic E-state index is 13.5. The zero-order valence-electron chi connectivity index (χ0n) is 21.5. The van der Waals surface area contributed by atoms with Crippen LogP contribution in [0.2, 0.25) is 0 Å². The maximum atomic E-state index is 13.5. The topological polar surface area (TPSA) is 122 Å². The third kappa shape index (κ3) is 6.94. The van der Waals surface area contributed by atoms with Gasteiger partial charge < -0.3 is 10.1 Å². The number of amides is 1. The Hall–Kier alpha value is -3.80. The molecule has 1 amide bonds. The number of rotatable bonds is 8. The number of carbonyl (C=O) groups is 1. The highest BCUT2D eigenvalue weighted by molar-refractivity contribution is 7.89. The van der Waals surface area contributed by atoms with Gasteiger partial charge in [0.05, 0.1) is 15.5 Å². The Balaban J connectivity index is 1.64. The summed E-state index contributed by atoms with van der Waals surface area (Å²) in [5.41, 5.74) is 2.54. The Morgan fingerprint density at radius 2 is 1.74 bits per heavy atom. The van der Waals surface area contributed by atoms with Gasteiger partial charge in [-0.05, 0) is 69.3 Å². The van der Waals surface area contributed by atoms with Gasteiger partial charge in [-0.25, -0.2) is 22.9 Å². The molecule has 0 fully saturated rings. The lowest BCUT2D eigenvalue weighted by atomic mass is 10.1. The van der Waals surface area contributed by atoms with Crippen molar-refractivity contribution in [3.05, 3.63) is 78.8 Å². The zero-order chi connectivity index (χ0) is 27.3. The number of pyridine rings is 1. The minimum absolute atomic E-state index is 0.0135. The lowest BCUT2D eigenvalue weighted by molar-refractivity contribution is 0.153. The average Bonchev–Trinajstić information content (AvgIpc) is 3.37. The molecular formula is C27H29N5O4S2. The summed E-state index contributed by atoms with van der Waals surface area (Å²) in [6.07, 6.45) is 2.54. The first-order valence-corrected chi connectivity index (χ1v) is 14.1. The molecule has 2 heterocycles. The van der Waals surface area contributed by atoms with Crippen molar-refractivity contribution in [3.8, 4) is 21.0 Å². The van der Waals surface area contributed by atoms with E-state index in [2.05, 4.69) is 25.3 Å². The van der Waals surface area contributed by atoms with Crippen LogP contribution in [-0.4, -0.2) is 37.1 Å². The van der Waals surface area contributed by atoms with Gasteiger partial charge in [-0.15, -0.1) is 11.3 Å². The minimum Gasteiger partial charge on any atom is -0.443 e. The summed E-state index contributed by atoms with van der Waals surface area (Å²) in [5, 5.41) is 6.45. The minimum atomic E-state index is -3.96. The van der Waals surface area contributed by atoms with Crippen molar-refractivity contribution in [3.63, 3.8) is 0 Å². The molecule has 4 aromatic rings. The fraction of sp³-hybridized carbons (Fsp3) is 0.222. The van der Waals surface area contributed by atoms with Crippen molar-refractivity contribution >= 4 is 38.8 Å². The van der Waals surface area contributed by atoms with E-state index in [1.54, 1.807) is 63.5 Å². The standard InChI is InChI=1S/C27H29N5O4S2/c1-27(2,3)32-38(34,35)24-15-20(31-26(33)36-17-21-7-5-6-14-29-21)12-13-22(24)23-16-30-25(37-23)18-8-10-19(28-4)11-9-18/h5-16,28,32H,17H2,1-4H3,(H,31,33). The number of thiazole rings is 1. The highest BCUT2D eigenvalue weighted by Crippen LogP contribution is 2.37. The molecule has 0 aliphatic heterocycles. The van der Waals surface area contributed by atoms with Gasteiger partial charge in [-0.2, -0.15) is 0 Å². The number of sulfonamides is 1. The molecule has 4 rings (SSSR count). The molecule has 0 saturated heterocycles. The Bertz CT molecular complexity index is 1510. The number of hydrogen-bond acceptors (Lipinski definition) is 8. The lowest BCUT2D eigenvalue weighted by Crippen LogP contribution is -2.40. The van der Waals surface area contributed by atoms with Gasteiger partial charge >= 0.3 is 6.09 Å². The highest BCUT2D eigenvalue weighted by atomic mass is 32.2. The first kappa shape index (κ1) is 27.2. The van der Waals surface area contributed by atoms with Crippen molar-refractivity contribution in [1.82, 2.24) is 14.7 Å². The van der Waals surface area contributed by atoms with Crippen LogP contribution in [0.3, 0.4) is 0 Å². The maximum Gasteiger partial charge on any atom is 0.412 e. The van der Waals surface area contributed by atoms with Crippen molar-refractivity contribution in [2.45, 2.75) is 37.8 Å². The number of benzene rings is 2. The van der Waals surface area contributed by atoms with E-state index in [1.165, 1.54) is 17.4 Å². The number of anilines is 2. The average molecular weight is 552 g/mol. The van der Waals surface area contributed by atoms with Crippen LogP contribution in [0.4, 0.5) is 16.2 Å². The fourth-order valence-electron chi connectivity index (χ4n) is 3.57. The predicted molar refractivity (Wildman–Crippen MR) is 151 cm³/mol. The molecule has 3 N–H and O–H groups in total. The van der Waals surface area contributed by atoms with Crippen LogP contribution in [-0.2, 0) is 21.4 Å². The molecule has 11 heteroatoms. The molecule has 0 unspecified atom stereocenters. The summed E-state index contributed by atoms with van der Waals surface area (Å²) < 4.78 is 34.8. The first-order valence-electron chi connectivity index (χ1n) is 11.8. The van der Waals surface area contributed by atoms with E-state index < -0.39 is 21.7 Å². The van der Waals surface area contributed by atoms with E-state index in [1.807, 2.05) is 31.3 Å². The first-order chi connectivity index (χ1) is 18.0. The van der Waals surface area contributed by atoms with E-state index in [0.717, 1.165) is 16.3 Å². The molecule has 0 atom stereocenters. The number of nitrogens with zero attached hydrogens (tertiary/aromatic N) is 2. The van der Waals surface area contributed by atoms with Crippen LogP contribution in [0, 0.1) is 0 Å². The van der Waals surface area contributed by atoms with Gasteiger partial charge in [0.1, 0.15) is 11.6 Å². The zero-order valence-corrected chi connectivity index (χ0v) is 23.1. The second kappa shape index (κ2) is 11.3. The quantitative estimate of drug-likeness (QED) is 0.255. The third-order valence-electron chi connectivity index (χ3n) is 5.23. The van der Waals surface area contributed by atoms with Gasteiger partial charge in [-0.3, -0.25) is 10.3 Å². The van der Waals surface area contributed by atoms with Gasteiger partial charge in [0.15, 0.2) is 0 Å². The van der Waals surface area contributed by atoms with Crippen LogP contribution < -0.4 is 15.4 Å². The number of carbonyl (C=O) groups excluding carboxylic acids is 1. The SMILES string of the molecule is CNc1ccc(-c2ncc(-c3ccc(NC(=O)OCc4ccccn4)cc3S(=O)(=O)NC(C)(C)C)s2)cc1. The lowest BCUT2D eigenvalue weighted by Gasteiger charge is -2.22. The van der Waals surface area contributed by atoms with Crippen LogP contribution in [0.1, 0.15) is 26.5 Å². The van der Waals surface area contributed by atoms with Crippen LogP contribution in [0.25, 0.3) is 21.0 Å². The summed E-state index contributed by atoms with van der Waals surface area (Å²) in [4.78, 5) is 21.7. The van der Waals surface area contributed by atoms with Crippen molar-refractivity contribution in [2.24, 2.45) is 0 Å². The second-order valence-electron chi connectivity index (χ2n) is 9.45. The molecule has 0 saturated carbocycles. The number of ether oxygens (including phenoxy) is 1. The molecule has 0 aliphatic carbocycles. The largest absolute Gasteiger partial charge is 0.443 e. The second-order valence-corrected chi connectivity index (χ2v) is 12.1. The Kier molecular flexibility index (Phi) is 8.10. The normalized spacial score (nSPS) is 11.7. The molecule has 2 aromatic carbocycles. The number of nitrogens with one attached hydrogen (secondary N) is 3. The smallest absolute Gasteiger partial charge is 0.412 e. The number of hydrogen-bond donors (Lipinski definition) is 3. The van der Waals surface area contributed by atoms with Gasteiger partial charge in [0.25, 0.3) is 0 Å². The van der Waals surface area contributed by atoms with E-state index >= 15 is 0 Å². The van der Waals surface area contributed by atoms with E-state index in [0.29, 0.717) is 16.1 Å². The molecule has 0 radical (unpaired) electrons. The van der Waals surface area contributed by atoms with Crippen LogP contribution >= 0.6 is 11.3 Å². The summed E-state index contributed by atoms with van der Waals surface area (Å²) in [6.45, 7) is 5.28. The molecule has 0 spiro atoms. The molecule has 198 valence electrons. The molecular weight excluding hydrogens is 522 g/mol. The fourth-order valence-corrected chi connectivity index (χ4v) is 6.26. The van der Waals surface area contributed by atoms with E-state index in [-0.39, 0.29) is 17.2 Å². The van der Waals surface area contributed by atoms with Gasteiger partial charge in [0.2, 0.25) is 10.0 Å². The summed E-state index contributed by atoms with van der Waals surface area (Å²) in [7, 11) is -2.11. The van der Waals surface area contributed by atoms with Gasteiger partial charge in [0, 0.05) is 47.5 Å². The van der Waals surface area contributed by atoms with Crippen molar-refractivity contribution in [1.29, 1.82) is 0 Å². The molecule has 38 heavy (non-hydrogen) atoms. The molecule has 0 bridgehead atoms. The molecule has 9 nitrogen and oxygen atoms in total. The Morgan fingerprint density at radius 3 is 2.39 bits per heavy atom. The van der Waals surface area contributed by atoms with Crippen molar-refractivity contribution in [2.75, 3.05) is 17.7 Å². The van der Waals surface area contributed by atoms with Crippen molar-refractivity contribution < 1.29 is 17.9 Å². The Morgan fingerprint density at radius 1 is 1.00 bits per heavy atom. The van der Waals surface area contributed by atoms with Crippen LogP contribution in [0.5, 0.6) is 0 Å². The third-order valence-corrected chi connectivity index (χ3v) is 8.10.